The Labute approximate surface area is 134 Å². The number of halogens is 1. The highest BCUT2D eigenvalue weighted by atomic mass is 79.9. The molecule has 1 aliphatic carbocycles. The van der Waals surface area contributed by atoms with Crippen LogP contribution in [0.2, 0.25) is 0 Å². The molecule has 0 unspecified atom stereocenters. The van der Waals surface area contributed by atoms with E-state index in [-0.39, 0.29) is 5.97 Å². The zero-order chi connectivity index (χ0) is 14.8. The summed E-state index contributed by atoms with van der Waals surface area (Å²) in [5, 5.41) is 0. The molecule has 0 N–H and O–H groups in total. The SMILES string of the molecule is COC(=O)c1cc(Br)cnc1N1CCC(CC2CC2)CC1. The fraction of sp³-hybridized carbons (Fsp3) is 0.625. The molecule has 4 nitrogen and oxygen atoms in total. The molecule has 1 aromatic heterocycles. The van der Waals surface area contributed by atoms with Crippen LogP contribution < -0.4 is 4.90 Å². The second kappa shape index (κ2) is 6.34. The summed E-state index contributed by atoms with van der Waals surface area (Å²) in [6, 6.07) is 1.80. The van der Waals surface area contributed by atoms with Crippen LogP contribution in [-0.2, 0) is 4.74 Å². The van der Waals surface area contributed by atoms with Gasteiger partial charge in [-0.15, -0.1) is 0 Å². The van der Waals surface area contributed by atoms with Crippen LogP contribution in [0.4, 0.5) is 5.82 Å². The molecule has 0 aromatic carbocycles. The van der Waals surface area contributed by atoms with E-state index in [1.54, 1.807) is 12.3 Å². The van der Waals surface area contributed by atoms with Crippen molar-refractivity contribution in [3.63, 3.8) is 0 Å². The van der Waals surface area contributed by atoms with E-state index in [1.807, 2.05) is 0 Å². The summed E-state index contributed by atoms with van der Waals surface area (Å²) in [4.78, 5) is 18.6. The van der Waals surface area contributed by atoms with Crippen LogP contribution in [0.15, 0.2) is 16.7 Å². The average Bonchev–Trinajstić information content (AvgIpc) is 3.31. The maximum Gasteiger partial charge on any atom is 0.341 e. The number of hydrogen-bond acceptors (Lipinski definition) is 4. The molecule has 114 valence electrons. The monoisotopic (exact) mass is 352 g/mol. The van der Waals surface area contributed by atoms with Crippen molar-refractivity contribution >= 4 is 27.7 Å². The minimum atomic E-state index is -0.320. The quantitative estimate of drug-likeness (QED) is 0.775. The van der Waals surface area contributed by atoms with Crippen LogP contribution in [0.5, 0.6) is 0 Å². The Hall–Kier alpha value is -1.10. The van der Waals surface area contributed by atoms with Crippen LogP contribution in [-0.4, -0.2) is 31.2 Å². The molecule has 1 saturated carbocycles. The molecule has 1 aliphatic heterocycles. The van der Waals surface area contributed by atoms with Gasteiger partial charge in [-0.2, -0.15) is 0 Å². The number of anilines is 1. The van der Waals surface area contributed by atoms with E-state index in [2.05, 4.69) is 25.8 Å². The first-order chi connectivity index (χ1) is 10.2. The van der Waals surface area contributed by atoms with Crippen LogP contribution >= 0.6 is 15.9 Å². The number of aromatic nitrogens is 1. The maximum atomic E-state index is 11.9. The first-order valence-corrected chi connectivity index (χ1v) is 8.45. The standard InChI is InChI=1S/C16H21BrN2O2/c1-21-16(20)14-9-13(17)10-18-15(14)19-6-4-12(5-7-19)8-11-2-3-11/h9-12H,2-8H2,1H3. The highest BCUT2D eigenvalue weighted by molar-refractivity contribution is 9.10. The third kappa shape index (κ3) is 3.57. The summed E-state index contributed by atoms with van der Waals surface area (Å²) in [5.41, 5.74) is 0.549. The maximum absolute atomic E-state index is 11.9. The Morgan fingerprint density at radius 2 is 2.00 bits per heavy atom. The zero-order valence-corrected chi connectivity index (χ0v) is 13.9. The molecule has 2 fully saturated rings. The van der Waals surface area contributed by atoms with Gasteiger partial charge in [0.15, 0.2) is 0 Å². The molecular weight excluding hydrogens is 332 g/mol. The van der Waals surface area contributed by atoms with E-state index in [9.17, 15) is 4.79 Å². The molecule has 1 saturated heterocycles. The van der Waals surface area contributed by atoms with E-state index in [1.165, 1.54) is 39.2 Å². The summed E-state index contributed by atoms with van der Waals surface area (Å²) in [6.45, 7) is 1.96. The highest BCUT2D eigenvalue weighted by Gasteiger charge is 2.29. The van der Waals surface area contributed by atoms with Crippen molar-refractivity contribution in [2.24, 2.45) is 11.8 Å². The largest absolute Gasteiger partial charge is 0.465 e. The summed E-state index contributed by atoms with van der Waals surface area (Å²) in [6.07, 6.45) is 8.41. The lowest BCUT2D eigenvalue weighted by Gasteiger charge is -2.33. The molecule has 0 radical (unpaired) electrons. The average molecular weight is 353 g/mol. The van der Waals surface area contributed by atoms with Gasteiger partial charge in [0.25, 0.3) is 0 Å². The van der Waals surface area contributed by atoms with Crippen molar-refractivity contribution in [1.82, 2.24) is 4.98 Å². The van der Waals surface area contributed by atoms with Crippen molar-refractivity contribution in [3.05, 3.63) is 22.3 Å². The number of pyridine rings is 1. The van der Waals surface area contributed by atoms with E-state index in [0.29, 0.717) is 5.56 Å². The highest BCUT2D eigenvalue weighted by Crippen LogP contribution is 2.38. The molecular formula is C16H21BrN2O2. The number of esters is 1. The van der Waals surface area contributed by atoms with Crippen molar-refractivity contribution in [3.8, 4) is 0 Å². The molecule has 2 aliphatic rings. The predicted molar refractivity (Wildman–Crippen MR) is 85.6 cm³/mol. The van der Waals surface area contributed by atoms with E-state index in [0.717, 1.165) is 35.2 Å². The number of rotatable bonds is 4. The van der Waals surface area contributed by atoms with Gasteiger partial charge in [0.1, 0.15) is 11.4 Å². The van der Waals surface area contributed by atoms with Gasteiger partial charge >= 0.3 is 5.97 Å². The summed E-state index contributed by atoms with van der Waals surface area (Å²) in [5.74, 6) is 2.29. The fourth-order valence-electron chi connectivity index (χ4n) is 3.15. The van der Waals surface area contributed by atoms with Gasteiger partial charge in [-0.25, -0.2) is 9.78 Å². The molecule has 21 heavy (non-hydrogen) atoms. The van der Waals surface area contributed by atoms with Gasteiger partial charge in [-0.05, 0) is 53.1 Å². The van der Waals surface area contributed by atoms with Crippen LogP contribution in [0.1, 0.15) is 42.5 Å². The number of methoxy groups -OCH3 is 1. The summed E-state index contributed by atoms with van der Waals surface area (Å²) >= 11 is 3.37. The smallest absolute Gasteiger partial charge is 0.341 e. The normalized spacial score (nSPS) is 19.6. The number of carbonyl (C=O) groups excluding carboxylic acids is 1. The third-order valence-electron chi connectivity index (χ3n) is 4.52. The lowest BCUT2D eigenvalue weighted by Crippen LogP contribution is -2.35. The van der Waals surface area contributed by atoms with Crippen molar-refractivity contribution < 1.29 is 9.53 Å². The van der Waals surface area contributed by atoms with E-state index in [4.69, 9.17) is 4.74 Å². The van der Waals surface area contributed by atoms with Gasteiger partial charge in [0.2, 0.25) is 0 Å². The number of nitrogens with zero attached hydrogens (tertiary/aromatic N) is 2. The van der Waals surface area contributed by atoms with Gasteiger partial charge < -0.3 is 9.64 Å². The number of carbonyl (C=O) groups is 1. The van der Waals surface area contributed by atoms with Gasteiger partial charge in [0, 0.05) is 23.8 Å². The van der Waals surface area contributed by atoms with E-state index >= 15 is 0 Å². The Kier molecular flexibility index (Phi) is 4.48. The van der Waals surface area contributed by atoms with Gasteiger partial charge in [-0.1, -0.05) is 12.8 Å². The second-order valence-corrected chi connectivity index (χ2v) is 7.04. The lowest BCUT2D eigenvalue weighted by molar-refractivity contribution is 0.0601. The Morgan fingerprint density at radius 1 is 1.33 bits per heavy atom. The van der Waals surface area contributed by atoms with Crippen LogP contribution in [0.25, 0.3) is 0 Å². The van der Waals surface area contributed by atoms with Gasteiger partial charge in [0.05, 0.1) is 7.11 Å². The predicted octanol–water partition coefficient (Wildman–Crippen LogP) is 3.65. The number of piperidine rings is 1. The fourth-order valence-corrected chi connectivity index (χ4v) is 3.48. The molecule has 1 aromatic rings. The molecule has 0 amide bonds. The van der Waals surface area contributed by atoms with E-state index < -0.39 is 0 Å². The molecule has 0 bridgehead atoms. The van der Waals surface area contributed by atoms with Crippen molar-refractivity contribution in [2.75, 3.05) is 25.1 Å². The second-order valence-electron chi connectivity index (χ2n) is 6.13. The number of hydrogen-bond donors (Lipinski definition) is 0. The topological polar surface area (TPSA) is 42.4 Å². The van der Waals surface area contributed by atoms with Crippen LogP contribution in [0, 0.1) is 11.8 Å². The van der Waals surface area contributed by atoms with Crippen LogP contribution in [0.3, 0.4) is 0 Å². The molecule has 2 heterocycles. The first-order valence-electron chi connectivity index (χ1n) is 7.66. The number of ether oxygens (including phenoxy) is 1. The van der Waals surface area contributed by atoms with Crippen molar-refractivity contribution in [2.45, 2.75) is 32.1 Å². The van der Waals surface area contributed by atoms with Gasteiger partial charge in [-0.3, -0.25) is 0 Å². The molecule has 0 spiro atoms. The molecule has 3 rings (SSSR count). The minimum Gasteiger partial charge on any atom is -0.465 e. The Morgan fingerprint density at radius 3 is 2.62 bits per heavy atom. The Balaban J connectivity index is 1.70. The minimum absolute atomic E-state index is 0.320. The molecule has 0 atom stereocenters. The summed E-state index contributed by atoms with van der Waals surface area (Å²) < 4.78 is 5.68. The Bertz CT molecular complexity index is 523. The molecule has 5 heteroatoms. The first kappa shape index (κ1) is 14.8. The zero-order valence-electron chi connectivity index (χ0n) is 12.3. The lowest BCUT2D eigenvalue weighted by atomic mass is 9.91. The third-order valence-corrected chi connectivity index (χ3v) is 4.95. The summed E-state index contributed by atoms with van der Waals surface area (Å²) in [7, 11) is 1.41. The van der Waals surface area contributed by atoms with Crippen molar-refractivity contribution in [1.29, 1.82) is 0 Å².